The molecule has 0 bridgehead atoms. The fraction of sp³-hybridized carbons (Fsp3) is 0. The second kappa shape index (κ2) is 7.68. The van der Waals surface area contributed by atoms with E-state index in [1.165, 1.54) is 11.3 Å². The molecule has 0 aliphatic rings. The molecule has 2 heterocycles. The molecule has 7 heteroatoms. The minimum Gasteiger partial charge on any atom is -0.444 e. The van der Waals surface area contributed by atoms with Crippen LogP contribution in [0.4, 0.5) is 5.69 Å². The van der Waals surface area contributed by atoms with Crippen LogP contribution in [0, 0.1) is 0 Å². The zero-order valence-electron chi connectivity index (χ0n) is 13.8. The summed E-state index contributed by atoms with van der Waals surface area (Å²) in [7, 11) is 0. The molecule has 27 heavy (non-hydrogen) atoms. The molecular formula is C20H12BrClN2O2S. The molecule has 1 amide bonds. The summed E-state index contributed by atoms with van der Waals surface area (Å²) in [5, 5.41) is 6.33. The number of aromatic nitrogens is 1. The van der Waals surface area contributed by atoms with Crippen molar-refractivity contribution in [2.75, 3.05) is 5.32 Å². The molecule has 0 saturated carbocycles. The fourth-order valence-corrected chi connectivity index (χ4v) is 4.01. The van der Waals surface area contributed by atoms with Gasteiger partial charge in [0.2, 0.25) is 0 Å². The number of furan rings is 1. The molecule has 4 rings (SSSR count). The van der Waals surface area contributed by atoms with Crippen LogP contribution < -0.4 is 5.32 Å². The largest absolute Gasteiger partial charge is 0.444 e. The van der Waals surface area contributed by atoms with E-state index < -0.39 is 0 Å². The molecule has 0 spiro atoms. The zero-order chi connectivity index (χ0) is 18.8. The van der Waals surface area contributed by atoms with E-state index in [1.807, 2.05) is 53.9 Å². The highest BCUT2D eigenvalue weighted by Gasteiger charge is 2.13. The first-order chi connectivity index (χ1) is 13.1. The smallest absolute Gasteiger partial charge is 0.291 e. The molecule has 2 aromatic heterocycles. The number of halogens is 2. The number of benzene rings is 2. The maximum atomic E-state index is 12.2. The van der Waals surface area contributed by atoms with E-state index >= 15 is 0 Å². The summed E-state index contributed by atoms with van der Waals surface area (Å²) in [6.07, 6.45) is 0. The lowest BCUT2D eigenvalue weighted by Crippen LogP contribution is -2.10. The molecule has 1 N–H and O–H groups in total. The van der Waals surface area contributed by atoms with Gasteiger partial charge in [0.05, 0.1) is 10.7 Å². The van der Waals surface area contributed by atoms with Crippen molar-refractivity contribution in [2.24, 2.45) is 0 Å². The summed E-state index contributed by atoms with van der Waals surface area (Å²) in [5.74, 6) is -0.0742. The van der Waals surface area contributed by atoms with Crippen LogP contribution in [0.25, 0.3) is 21.8 Å². The number of hydrogen-bond donors (Lipinski definition) is 1. The Labute approximate surface area is 173 Å². The van der Waals surface area contributed by atoms with Crippen molar-refractivity contribution in [1.29, 1.82) is 0 Å². The molecule has 0 aliphatic heterocycles. The monoisotopic (exact) mass is 458 g/mol. The summed E-state index contributed by atoms with van der Waals surface area (Å²) in [6.45, 7) is 0. The number of nitrogens with zero attached hydrogens (tertiary/aromatic N) is 1. The Morgan fingerprint density at radius 1 is 1.11 bits per heavy atom. The minimum atomic E-state index is -0.312. The van der Waals surface area contributed by atoms with Crippen molar-refractivity contribution in [2.45, 2.75) is 0 Å². The van der Waals surface area contributed by atoms with Gasteiger partial charge in [0.25, 0.3) is 5.91 Å². The van der Waals surface area contributed by atoms with Gasteiger partial charge in [-0.25, -0.2) is 4.98 Å². The number of thiazole rings is 1. The van der Waals surface area contributed by atoms with Gasteiger partial charge in [0, 0.05) is 22.2 Å². The normalized spacial score (nSPS) is 10.7. The number of rotatable bonds is 4. The van der Waals surface area contributed by atoms with Crippen LogP contribution in [0.3, 0.4) is 0 Å². The van der Waals surface area contributed by atoms with Gasteiger partial charge in [-0.15, -0.1) is 11.3 Å². The molecule has 0 fully saturated rings. The Hall–Kier alpha value is -2.41. The first kappa shape index (κ1) is 18.0. The van der Waals surface area contributed by atoms with Crippen LogP contribution in [0.1, 0.15) is 10.6 Å². The van der Waals surface area contributed by atoms with E-state index in [4.69, 9.17) is 16.0 Å². The maximum absolute atomic E-state index is 12.2. The summed E-state index contributed by atoms with van der Waals surface area (Å²) in [4.78, 5) is 16.9. The first-order valence-electron chi connectivity index (χ1n) is 7.98. The van der Waals surface area contributed by atoms with Crippen LogP contribution >= 0.6 is 38.9 Å². The molecule has 2 aromatic carbocycles. The van der Waals surface area contributed by atoms with E-state index in [9.17, 15) is 4.79 Å². The lowest BCUT2D eigenvalue weighted by atomic mass is 10.1. The van der Waals surface area contributed by atoms with Crippen molar-refractivity contribution >= 4 is 50.5 Å². The summed E-state index contributed by atoms with van der Waals surface area (Å²) in [5.41, 5.74) is 3.30. The zero-order valence-corrected chi connectivity index (χ0v) is 16.9. The van der Waals surface area contributed by atoms with Crippen LogP contribution in [-0.2, 0) is 0 Å². The molecule has 4 aromatic rings. The van der Waals surface area contributed by atoms with Crippen LogP contribution in [0.5, 0.6) is 0 Å². The van der Waals surface area contributed by atoms with Crippen molar-refractivity contribution in [3.05, 3.63) is 81.5 Å². The van der Waals surface area contributed by atoms with Gasteiger partial charge in [-0.1, -0.05) is 41.9 Å². The molecule has 4 nitrogen and oxygen atoms in total. The van der Waals surface area contributed by atoms with Gasteiger partial charge in [-0.05, 0) is 46.3 Å². The molecule has 0 saturated heterocycles. The van der Waals surface area contributed by atoms with E-state index in [1.54, 1.807) is 12.1 Å². The SMILES string of the molecule is O=C(Nc1cccc(-c2csc(-c3ccccc3Cl)n2)c1)c1ccc(Br)o1. The van der Waals surface area contributed by atoms with Crippen molar-refractivity contribution in [3.63, 3.8) is 0 Å². The van der Waals surface area contributed by atoms with E-state index in [-0.39, 0.29) is 11.7 Å². The number of hydrogen-bond acceptors (Lipinski definition) is 4. The lowest BCUT2D eigenvalue weighted by molar-refractivity contribution is 0.0995. The maximum Gasteiger partial charge on any atom is 0.291 e. The van der Waals surface area contributed by atoms with Gasteiger partial charge < -0.3 is 9.73 Å². The minimum absolute atomic E-state index is 0.238. The van der Waals surface area contributed by atoms with Crippen molar-refractivity contribution in [1.82, 2.24) is 4.98 Å². The number of carbonyl (C=O) groups is 1. The highest BCUT2D eigenvalue weighted by molar-refractivity contribution is 9.10. The number of anilines is 1. The molecular weight excluding hydrogens is 448 g/mol. The quantitative estimate of drug-likeness (QED) is 0.368. The van der Waals surface area contributed by atoms with Gasteiger partial charge >= 0.3 is 0 Å². The van der Waals surface area contributed by atoms with Crippen LogP contribution in [-0.4, -0.2) is 10.9 Å². The van der Waals surface area contributed by atoms with E-state index in [0.29, 0.717) is 15.4 Å². The molecule has 0 aliphatic carbocycles. The van der Waals surface area contributed by atoms with Gasteiger partial charge in [-0.2, -0.15) is 0 Å². The summed E-state index contributed by atoms with van der Waals surface area (Å²) in [6, 6.07) is 18.4. The Morgan fingerprint density at radius 3 is 2.74 bits per heavy atom. The number of nitrogens with one attached hydrogen (secondary N) is 1. The lowest BCUT2D eigenvalue weighted by Gasteiger charge is -2.05. The number of amides is 1. The van der Waals surface area contributed by atoms with Gasteiger partial charge in [0.15, 0.2) is 10.4 Å². The number of carbonyl (C=O) groups excluding carboxylic acids is 1. The Morgan fingerprint density at radius 2 is 1.96 bits per heavy atom. The standard InChI is InChI=1S/C20H12BrClN2O2S/c21-18-9-8-17(26-18)19(25)23-13-5-3-4-12(10-13)16-11-27-20(24-16)14-6-1-2-7-15(14)22/h1-11H,(H,23,25). The topological polar surface area (TPSA) is 55.1 Å². The second-order valence-corrected chi connectivity index (χ2v) is 7.70. The average Bonchev–Trinajstić information content (AvgIpc) is 3.32. The van der Waals surface area contributed by atoms with Crippen molar-refractivity contribution < 1.29 is 9.21 Å². The fourth-order valence-electron chi connectivity index (χ4n) is 2.55. The van der Waals surface area contributed by atoms with E-state index in [2.05, 4.69) is 26.2 Å². The summed E-state index contributed by atoms with van der Waals surface area (Å²) >= 11 is 11.0. The highest BCUT2D eigenvalue weighted by Crippen LogP contribution is 2.33. The third kappa shape index (κ3) is 3.98. The Balaban J connectivity index is 1.58. The Bertz CT molecular complexity index is 1120. The predicted octanol–water partition coefficient (Wildman–Crippen LogP) is 6.74. The first-order valence-corrected chi connectivity index (χ1v) is 10.0. The molecule has 0 atom stereocenters. The molecule has 134 valence electrons. The average molecular weight is 460 g/mol. The van der Waals surface area contributed by atoms with Crippen LogP contribution in [0.15, 0.2) is 75.1 Å². The summed E-state index contributed by atoms with van der Waals surface area (Å²) < 4.78 is 5.79. The van der Waals surface area contributed by atoms with Crippen LogP contribution in [0.2, 0.25) is 5.02 Å². The third-order valence-corrected chi connectivity index (χ3v) is 5.45. The van der Waals surface area contributed by atoms with Crippen molar-refractivity contribution in [3.8, 4) is 21.8 Å². The van der Waals surface area contributed by atoms with Gasteiger partial charge in [0.1, 0.15) is 5.01 Å². The predicted molar refractivity (Wildman–Crippen MR) is 112 cm³/mol. The second-order valence-electron chi connectivity index (χ2n) is 5.66. The molecule has 0 unspecified atom stereocenters. The van der Waals surface area contributed by atoms with Gasteiger partial charge in [-0.3, -0.25) is 4.79 Å². The highest BCUT2D eigenvalue weighted by atomic mass is 79.9. The Kier molecular flexibility index (Phi) is 5.11. The molecule has 0 radical (unpaired) electrons. The van der Waals surface area contributed by atoms with E-state index in [0.717, 1.165) is 21.8 Å². The third-order valence-electron chi connectivity index (χ3n) is 3.82.